The molecular weight excluding hydrogens is 544 g/mol. The van der Waals surface area contributed by atoms with Gasteiger partial charge in [-0.25, -0.2) is 0 Å². The molecule has 0 bridgehead atoms. The molecule has 4 aromatic rings. The first kappa shape index (κ1) is 30.2. The predicted molar refractivity (Wildman–Crippen MR) is 166 cm³/mol. The van der Waals surface area contributed by atoms with E-state index < -0.39 is 12.2 Å². The molecule has 0 spiro atoms. The van der Waals surface area contributed by atoms with Crippen LogP contribution in [0.25, 0.3) is 0 Å². The first-order valence-corrected chi connectivity index (χ1v) is 15.3. The minimum atomic E-state index is -0.440. The van der Waals surface area contributed by atoms with E-state index in [1.807, 2.05) is 91.0 Å². The summed E-state index contributed by atoms with van der Waals surface area (Å²) in [6.07, 6.45) is 0.0386. The third-order valence-electron chi connectivity index (χ3n) is 7.38. The monoisotopic (exact) mass is 582 g/mol. The SMILES string of the molecule is Cc1ccc(S[C@@H]2O[C@H](COCc3ccccc3)[C@@H](OCc3ccccc3)[C@H](OCc3ccccc3)[C@H]2CC=O)cc1. The van der Waals surface area contributed by atoms with Crippen LogP contribution in [0.3, 0.4) is 0 Å². The van der Waals surface area contributed by atoms with Crippen molar-refractivity contribution in [1.29, 1.82) is 0 Å². The Labute approximate surface area is 253 Å². The third kappa shape index (κ3) is 8.63. The fourth-order valence-corrected chi connectivity index (χ4v) is 6.34. The first-order chi connectivity index (χ1) is 20.7. The van der Waals surface area contributed by atoms with Crippen molar-refractivity contribution >= 4 is 18.0 Å². The zero-order valence-corrected chi connectivity index (χ0v) is 24.7. The van der Waals surface area contributed by atoms with Gasteiger partial charge < -0.3 is 23.7 Å². The lowest BCUT2D eigenvalue weighted by atomic mass is 9.89. The summed E-state index contributed by atoms with van der Waals surface area (Å²) in [5.74, 6) is -0.219. The fourth-order valence-electron chi connectivity index (χ4n) is 5.14. The van der Waals surface area contributed by atoms with E-state index in [4.69, 9.17) is 18.9 Å². The number of thioether (sulfide) groups is 1. The lowest BCUT2D eigenvalue weighted by Crippen LogP contribution is -2.57. The first-order valence-electron chi connectivity index (χ1n) is 14.4. The Kier molecular flexibility index (Phi) is 11.4. The molecule has 0 aromatic heterocycles. The third-order valence-corrected chi connectivity index (χ3v) is 8.61. The second kappa shape index (κ2) is 15.8. The highest BCUT2D eigenvalue weighted by molar-refractivity contribution is 7.99. The number of rotatable bonds is 14. The van der Waals surface area contributed by atoms with Crippen LogP contribution in [0.4, 0.5) is 0 Å². The largest absolute Gasteiger partial charge is 0.374 e. The number of carbonyl (C=O) groups is 1. The van der Waals surface area contributed by atoms with E-state index in [-0.39, 0.29) is 17.5 Å². The summed E-state index contributed by atoms with van der Waals surface area (Å²) >= 11 is 1.62. The molecule has 5 nitrogen and oxygen atoms in total. The van der Waals surface area contributed by atoms with Crippen LogP contribution in [-0.2, 0) is 43.6 Å². The van der Waals surface area contributed by atoms with Gasteiger partial charge in [0.05, 0.1) is 32.5 Å². The number of carbonyl (C=O) groups excluding carboxylic acids is 1. The molecule has 5 atom stereocenters. The summed E-state index contributed by atoms with van der Waals surface area (Å²) in [5, 5.41) is 0. The molecule has 0 N–H and O–H groups in total. The number of aldehydes is 1. The lowest BCUT2D eigenvalue weighted by molar-refractivity contribution is -0.227. The number of hydrogen-bond donors (Lipinski definition) is 0. The molecule has 42 heavy (non-hydrogen) atoms. The minimum absolute atomic E-state index is 0.219. The van der Waals surface area contributed by atoms with Gasteiger partial charge in [-0.15, -0.1) is 0 Å². The second-order valence-electron chi connectivity index (χ2n) is 10.6. The molecule has 1 saturated heterocycles. The fraction of sp³-hybridized carbons (Fsp3) is 0.306. The minimum Gasteiger partial charge on any atom is -0.374 e. The Morgan fingerprint density at radius 3 is 1.76 bits per heavy atom. The molecule has 5 rings (SSSR count). The van der Waals surface area contributed by atoms with Gasteiger partial charge in [-0.1, -0.05) is 120 Å². The average molecular weight is 583 g/mol. The van der Waals surface area contributed by atoms with Crippen molar-refractivity contribution in [2.75, 3.05) is 6.61 Å². The smallest absolute Gasteiger partial charge is 0.120 e. The van der Waals surface area contributed by atoms with E-state index >= 15 is 0 Å². The van der Waals surface area contributed by atoms with Crippen LogP contribution < -0.4 is 0 Å². The summed E-state index contributed by atoms with van der Waals surface area (Å²) < 4.78 is 26.3. The van der Waals surface area contributed by atoms with Gasteiger partial charge in [-0.3, -0.25) is 0 Å². The van der Waals surface area contributed by atoms with Gasteiger partial charge in [-0.2, -0.15) is 0 Å². The highest BCUT2D eigenvalue weighted by Crippen LogP contribution is 2.41. The maximum Gasteiger partial charge on any atom is 0.120 e. The Hall–Kier alpha value is -3.26. The molecule has 1 heterocycles. The molecule has 4 aromatic carbocycles. The Morgan fingerprint density at radius 2 is 1.21 bits per heavy atom. The van der Waals surface area contributed by atoms with Crippen LogP contribution in [-0.4, -0.2) is 36.6 Å². The van der Waals surface area contributed by atoms with Crippen molar-refractivity contribution in [3.8, 4) is 0 Å². The van der Waals surface area contributed by atoms with Crippen LogP contribution in [0.2, 0.25) is 0 Å². The molecule has 0 radical (unpaired) electrons. The lowest BCUT2D eigenvalue weighted by Gasteiger charge is -2.46. The second-order valence-corrected chi connectivity index (χ2v) is 11.7. The quantitative estimate of drug-likeness (QED) is 0.144. The van der Waals surface area contributed by atoms with Crippen molar-refractivity contribution < 1.29 is 23.7 Å². The number of hydrogen-bond acceptors (Lipinski definition) is 6. The highest BCUT2D eigenvalue weighted by atomic mass is 32.2. The number of ether oxygens (including phenoxy) is 4. The molecule has 0 aliphatic carbocycles. The average Bonchev–Trinajstić information content (AvgIpc) is 3.03. The van der Waals surface area contributed by atoms with Gasteiger partial charge in [0.15, 0.2) is 0 Å². The summed E-state index contributed by atoms with van der Waals surface area (Å²) in [5.41, 5.74) is 4.09. The Morgan fingerprint density at radius 1 is 0.690 bits per heavy atom. The van der Waals surface area contributed by atoms with E-state index in [9.17, 15) is 4.79 Å². The van der Waals surface area contributed by atoms with E-state index in [1.165, 1.54) is 5.56 Å². The maximum atomic E-state index is 12.0. The summed E-state index contributed by atoms with van der Waals surface area (Å²) in [7, 11) is 0. The van der Waals surface area contributed by atoms with Crippen molar-refractivity contribution in [2.24, 2.45) is 5.92 Å². The van der Waals surface area contributed by atoms with Crippen molar-refractivity contribution in [3.63, 3.8) is 0 Å². The van der Waals surface area contributed by atoms with Gasteiger partial charge in [0.1, 0.15) is 23.9 Å². The van der Waals surface area contributed by atoms with E-state index in [0.29, 0.717) is 32.8 Å². The highest BCUT2D eigenvalue weighted by Gasteiger charge is 2.47. The molecule has 0 saturated carbocycles. The van der Waals surface area contributed by atoms with Crippen molar-refractivity contribution in [2.45, 2.75) is 61.8 Å². The van der Waals surface area contributed by atoms with Gasteiger partial charge >= 0.3 is 0 Å². The van der Waals surface area contributed by atoms with Crippen LogP contribution in [0.15, 0.2) is 120 Å². The summed E-state index contributed by atoms with van der Waals surface area (Å²) in [6.45, 7) is 3.68. The zero-order chi connectivity index (χ0) is 29.0. The molecular formula is C36H38O5S. The maximum absolute atomic E-state index is 12.0. The standard InChI is InChI=1S/C36H38O5S/c1-27-17-19-31(20-18-27)42-36-32(21-22-37)34(39-24-29-13-7-3-8-14-29)35(40-25-30-15-9-4-10-16-30)33(41-36)26-38-23-28-11-5-2-6-12-28/h2-20,22,32-36H,21,23-26H2,1H3/t32-,33-,34-,35-,36+/m1/s1. The zero-order valence-electron chi connectivity index (χ0n) is 23.9. The van der Waals surface area contributed by atoms with Gasteiger partial charge in [0.25, 0.3) is 0 Å². The topological polar surface area (TPSA) is 54.0 Å². The molecule has 1 aliphatic rings. The molecule has 1 fully saturated rings. The normalized spacial score (nSPS) is 22.1. The van der Waals surface area contributed by atoms with Crippen LogP contribution in [0, 0.1) is 12.8 Å². The predicted octanol–water partition coefficient (Wildman–Crippen LogP) is 7.40. The van der Waals surface area contributed by atoms with E-state index in [2.05, 4.69) is 31.2 Å². The van der Waals surface area contributed by atoms with Gasteiger partial charge in [0, 0.05) is 17.2 Å². The summed E-state index contributed by atoms with van der Waals surface area (Å²) in [4.78, 5) is 13.1. The van der Waals surface area contributed by atoms with Crippen LogP contribution in [0.1, 0.15) is 28.7 Å². The van der Waals surface area contributed by atoms with E-state index in [1.54, 1.807) is 11.8 Å². The Balaban J connectivity index is 1.42. The van der Waals surface area contributed by atoms with E-state index in [0.717, 1.165) is 27.9 Å². The van der Waals surface area contributed by atoms with Gasteiger partial charge in [-0.05, 0) is 35.7 Å². The molecule has 6 heteroatoms. The van der Waals surface area contributed by atoms with Crippen molar-refractivity contribution in [1.82, 2.24) is 0 Å². The molecule has 1 aliphatic heterocycles. The summed E-state index contributed by atoms with van der Waals surface area (Å²) in [6, 6.07) is 38.7. The number of aryl methyl sites for hydroxylation is 1. The molecule has 0 amide bonds. The molecule has 218 valence electrons. The number of benzene rings is 4. The van der Waals surface area contributed by atoms with Crippen LogP contribution >= 0.6 is 11.8 Å². The Bertz CT molecular complexity index is 1330. The molecule has 0 unspecified atom stereocenters. The van der Waals surface area contributed by atoms with Crippen LogP contribution in [0.5, 0.6) is 0 Å². The van der Waals surface area contributed by atoms with Gasteiger partial charge in [0.2, 0.25) is 0 Å². The van der Waals surface area contributed by atoms with Crippen molar-refractivity contribution in [3.05, 3.63) is 138 Å².